The van der Waals surface area contributed by atoms with Gasteiger partial charge in [-0.3, -0.25) is 4.79 Å². The first-order chi connectivity index (χ1) is 10.4. The van der Waals surface area contributed by atoms with E-state index >= 15 is 0 Å². The van der Waals surface area contributed by atoms with Crippen molar-refractivity contribution in [3.8, 4) is 0 Å². The zero-order valence-corrected chi connectivity index (χ0v) is 14.0. The predicted octanol–water partition coefficient (Wildman–Crippen LogP) is 1.61. The second-order valence-electron chi connectivity index (χ2n) is 6.34. The van der Waals surface area contributed by atoms with Gasteiger partial charge in [-0.2, -0.15) is 10.2 Å². The molecule has 1 aliphatic heterocycles. The molecular weight excluding hydrogens is 282 g/mol. The van der Waals surface area contributed by atoms with Crippen LogP contribution in [-0.2, 0) is 15.9 Å². The van der Waals surface area contributed by atoms with Crippen LogP contribution >= 0.6 is 0 Å². The highest BCUT2D eigenvalue weighted by atomic mass is 16.5. The first-order valence-corrected chi connectivity index (χ1v) is 7.65. The van der Waals surface area contributed by atoms with Gasteiger partial charge in [-0.25, -0.2) is 0 Å². The molecule has 0 aromatic carbocycles. The number of morpholine rings is 1. The van der Waals surface area contributed by atoms with E-state index in [0.29, 0.717) is 31.7 Å². The summed E-state index contributed by atoms with van der Waals surface area (Å²) in [5.74, 6) is -0.00710. The highest BCUT2D eigenvalue weighted by molar-refractivity contribution is 5.95. The van der Waals surface area contributed by atoms with Crippen LogP contribution in [0, 0.1) is 6.92 Å². The number of carbonyl (C=O) groups is 1. The third kappa shape index (κ3) is 3.81. The average molecular weight is 307 g/mol. The number of ether oxygens (including phenoxy) is 2. The monoisotopic (exact) mass is 307 g/mol. The lowest BCUT2D eigenvalue weighted by molar-refractivity contribution is -0.143. The summed E-state index contributed by atoms with van der Waals surface area (Å²) in [5, 5.41) is 8.20. The molecule has 1 aromatic heterocycles. The van der Waals surface area contributed by atoms with Gasteiger partial charge in [0.1, 0.15) is 0 Å². The minimum absolute atomic E-state index is 0.00710. The van der Waals surface area contributed by atoms with Crippen LogP contribution in [0.2, 0.25) is 0 Å². The van der Waals surface area contributed by atoms with Gasteiger partial charge < -0.3 is 14.4 Å². The van der Waals surface area contributed by atoms with Crippen molar-refractivity contribution >= 4 is 5.91 Å². The fraction of sp³-hybridized carbons (Fsp3) is 0.688. The number of aryl methyl sites for hydroxylation is 2. The Morgan fingerprint density at radius 1 is 1.50 bits per heavy atom. The van der Waals surface area contributed by atoms with Gasteiger partial charge in [0.05, 0.1) is 35.3 Å². The molecule has 6 heteroatoms. The van der Waals surface area contributed by atoms with Gasteiger partial charge in [-0.15, -0.1) is 0 Å². The van der Waals surface area contributed by atoms with Crippen molar-refractivity contribution in [2.24, 2.45) is 0 Å². The second kappa shape index (κ2) is 6.71. The van der Waals surface area contributed by atoms with Gasteiger partial charge in [0.25, 0.3) is 5.91 Å². The molecule has 1 aliphatic rings. The van der Waals surface area contributed by atoms with Crippen LogP contribution in [0.1, 0.15) is 42.5 Å². The fourth-order valence-electron chi connectivity index (χ4n) is 2.85. The van der Waals surface area contributed by atoms with Crippen molar-refractivity contribution in [1.82, 2.24) is 15.1 Å². The van der Waals surface area contributed by atoms with Crippen molar-refractivity contribution in [2.45, 2.75) is 45.8 Å². The van der Waals surface area contributed by atoms with Crippen molar-refractivity contribution in [2.75, 3.05) is 26.8 Å². The second-order valence-corrected chi connectivity index (χ2v) is 6.34. The minimum atomic E-state index is -0.390. The first-order valence-electron chi connectivity index (χ1n) is 7.65. The topological polar surface area (TPSA) is 64.6 Å². The van der Waals surface area contributed by atoms with Gasteiger partial charge in [-0.05, 0) is 33.3 Å². The van der Waals surface area contributed by atoms with Crippen LogP contribution in [0.3, 0.4) is 0 Å². The van der Waals surface area contributed by atoms with Gasteiger partial charge in [0.2, 0.25) is 0 Å². The van der Waals surface area contributed by atoms with Crippen LogP contribution in [-0.4, -0.2) is 59.5 Å². The number of amides is 1. The van der Waals surface area contributed by atoms with Crippen LogP contribution < -0.4 is 0 Å². The van der Waals surface area contributed by atoms with E-state index < -0.39 is 0 Å². The number of nitrogens with zero attached hydrogens (tertiary/aromatic N) is 3. The van der Waals surface area contributed by atoms with E-state index in [1.54, 1.807) is 7.11 Å². The summed E-state index contributed by atoms with van der Waals surface area (Å²) in [6.07, 6.45) is 0.572. The molecule has 0 aliphatic carbocycles. The first kappa shape index (κ1) is 16.8. The van der Waals surface area contributed by atoms with Crippen LogP contribution in [0.5, 0.6) is 0 Å². The van der Waals surface area contributed by atoms with Gasteiger partial charge in [0, 0.05) is 20.2 Å². The number of carbonyl (C=O) groups excluding carboxylic acids is 1. The number of rotatable bonds is 4. The summed E-state index contributed by atoms with van der Waals surface area (Å²) in [6.45, 7) is 9.36. The van der Waals surface area contributed by atoms with Crippen LogP contribution in [0.4, 0.5) is 0 Å². The highest BCUT2D eigenvalue weighted by Gasteiger charge is 2.36. The van der Waals surface area contributed by atoms with Crippen molar-refractivity contribution in [3.05, 3.63) is 23.0 Å². The van der Waals surface area contributed by atoms with E-state index in [2.05, 4.69) is 10.2 Å². The minimum Gasteiger partial charge on any atom is -0.382 e. The number of aromatic nitrogens is 2. The van der Waals surface area contributed by atoms with Crippen molar-refractivity contribution in [3.63, 3.8) is 0 Å². The molecule has 1 amide bonds. The SMILES string of the molecule is CCc1nnc(C)cc1C(=O)N1C[C@H](COC)OC(C)(C)C1. The standard InChI is InChI=1S/C16H25N3O3/c1-6-14-13(7-11(2)17-18-14)15(20)19-8-12(9-21-5)22-16(3,4)10-19/h7,12H,6,8-10H2,1-5H3/t12-/m1/s1. The lowest BCUT2D eigenvalue weighted by Gasteiger charge is -2.42. The third-order valence-electron chi connectivity index (χ3n) is 3.68. The smallest absolute Gasteiger partial charge is 0.256 e. The van der Waals surface area contributed by atoms with E-state index in [9.17, 15) is 4.79 Å². The Balaban J connectivity index is 2.26. The van der Waals surface area contributed by atoms with Crippen molar-refractivity contribution < 1.29 is 14.3 Å². The largest absolute Gasteiger partial charge is 0.382 e. The zero-order valence-electron chi connectivity index (χ0n) is 14.0. The quantitative estimate of drug-likeness (QED) is 0.845. The van der Waals surface area contributed by atoms with Gasteiger partial charge >= 0.3 is 0 Å². The molecule has 122 valence electrons. The Morgan fingerprint density at radius 3 is 2.86 bits per heavy atom. The summed E-state index contributed by atoms with van der Waals surface area (Å²) in [5.41, 5.74) is 1.74. The normalized spacial score (nSPS) is 21.0. The maximum absolute atomic E-state index is 12.9. The maximum atomic E-state index is 12.9. The van der Waals surface area contributed by atoms with Crippen molar-refractivity contribution in [1.29, 1.82) is 0 Å². The molecule has 22 heavy (non-hydrogen) atoms. The maximum Gasteiger partial charge on any atom is 0.256 e. The van der Waals surface area contributed by atoms with Crippen LogP contribution in [0.25, 0.3) is 0 Å². The Kier molecular flexibility index (Phi) is 5.13. The van der Waals surface area contributed by atoms with E-state index in [1.165, 1.54) is 0 Å². The Hall–Kier alpha value is -1.53. The Morgan fingerprint density at radius 2 is 2.23 bits per heavy atom. The summed E-state index contributed by atoms with van der Waals surface area (Å²) in [7, 11) is 1.64. The zero-order chi connectivity index (χ0) is 16.3. The molecule has 1 saturated heterocycles. The number of hydrogen-bond acceptors (Lipinski definition) is 5. The predicted molar refractivity (Wildman–Crippen MR) is 82.9 cm³/mol. The lowest BCUT2D eigenvalue weighted by atomic mass is 10.0. The van der Waals surface area contributed by atoms with E-state index in [0.717, 1.165) is 11.4 Å². The summed E-state index contributed by atoms with van der Waals surface area (Å²) < 4.78 is 11.2. The fourth-order valence-corrected chi connectivity index (χ4v) is 2.85. The Labute approximate surface area is 131 Å². The van der Waals surface area contributed by atoms with Gasteiger partial charge in [0.15, 0.2) is 0 Å². The molecule has 2 heterocycles. The average Bonchev–Trinajstić information content (AvgIpc) is 2.45. The number of methoxy groups -OCH3 is 1. The molecular formula is C16H25N3O3. The molecule has 6 nitrogen and oxygen atoms in total. The summed E-state index contributed by atoms with van der Waals surface area (Å²) in [6, 6.07) is 1.82. The lowest BCUT2D eigenvalue weighted by Crippen LogP contribution is -2.55. The molecule has 0 spiro atoms. The molecule has 2 rings (SSSR count). The molecule has 0 N–H and O–H groups in total. The van der Waals surface area contributed by atoms with E-state index in [4.69, 9.17) is 9.47 Å². The molecule has 0 radical (unpaired) electrons. The van der Waals surface area contributed by atoms with Crippen LogP contribution in [0.15, 0.2) is 6.07 Å². The molecule has 0 unspecified atom stereocenters. The van der Waals surface area contributed by atoms with E-state index in [-0.39, 0.29) is 17.6 Å². The number of hydrogen-bond donors (Lipinski definition) is 0. The highest BCUT2D eigenvalue weighted by Crippen LogP contribution is 2.23. The van der Waals surface area contributed by atoms with Gasteiger partial charge in [-0.1, -0.05) is 6.92 Å². The van der Waals surface area contributed by atoms with E-state index in [1.807, 2.05) is 38.7 Å². The molecule has 1 aromatic rings. The Bertz CT molecular complexity index is 545. The third-order valence-corrected chi connectivity index (χ3v) is 3.68. The summed E-state index contributed by atoms with van der Waals surface area (Å²) >= 11 is 0. The molecule has 0 saturated carbocycles. The summed E-state index contributed by atoms with van der Waals surface area (Å²) in [4.78, 5) is 14.8. The molecule has 1 fully saturated rings. The molecule has 0 bridgehead atoms. The molecule has 1 atom stereocenters.